The Hall–Kier alpha value is -3.60. The zero-order chi connectivity index (χ0) is 40.5. The maximum atomic E-state index is 14.9. The molecule has 4 saturated carbocycles. The molecule has 0 saturated heterocycles. The van der Waals surface area contributed by atoms with Gasteiger partial charge in [-0.25, -0.2) is 0 Å². The van der Waals surface area contributed by atoms with E-state index >= 15 is 0 Å². The first-order valence-corrected chi connectivity index (χ1v) is 22.6. The molecule has 5 aliphatic carbocycles. The Morgan fingerprint density at radius 2 is 1.63 bits per heavy atom. The summed E-state index contributed by atoms with van der Waals surface area (Å²) in [6.45, 7) is 13.9. The molecular weight excluding hydrogens is 705 g/mol. The van der Waals surface area contributed by atoms with E-state index < -0.39 is 28.6 Å². The first kappa shape index (κ1) is 41.6. The third-order valence-corrected chi connectivity index (χ3v) is 15.0. The Morgan fingerprint density at radius 3 is 2.30 bits per heavy atom. The normalized spacial score (nSPS) is 27.2. The van der Waals surface area contributed by atoms with Gasteiger partial charge in [0, 0.05) is 47.8 Å². The summed E-state index contributed by atoms with van der Waals surface area (Å²) in [5.74, 6) is 0.537. The summed E-state index contributed by atoms with van der Waals surface area (Å²) in [7, 11) is 0. The van der Waals surface area contributed by atoms with Gasteiger partial charge in [-0.1, -0.05) is 127 Å². The molecule has 2 aromatic carbocycles. The van der Waals surface area contributed by atoms with Crippen LogP contribution in [0.15, 0.2) is 60.7 Å². The fourth-order valence-corrected chi connectivity index (χ4v) is 11.2. The summed E-state index contributed by atoms with van der Waals surface area (Å²) in [5.41, 5.74) is 4.01. The molecule has 0 aromatic heterocycles. The molecule has 0 heterocycles. The second kappa shape index (κ2) is 17.3. The van der Waals surface area contributed by atoms with Crippen molar-refractivity contribution in [1.29, 1.82) is 0 Å². The van der Waals surface area contributed by atoms with Crippen LogP contribution < -0.4 is 4.74 Å². The molecule has 0 bridgehead atoms. The largest absolute Gasteiger partial charge is 0.490 e. The van der Waals surface area contributed by atoms with Gasteiger partial charge in [0.05, 0.1) is 0 Å². The number of allylic oxidation sites excluding steroid dienone is 5. The minimum atomic E-state index is -0.716. The summed E-state index contributed by atoms with van der Waals surface area (Å²) in [6, 6.07) is 11.1. The highest BCUT2D eigenvalue weighted by molar-refractivity contribution is 5.98. The first-order valence-electron chi connectivity index (χ1n) is 22.6. The number of aryl methyl sites for hydroxylation is 1. The van der Waals surface area contributed by atoms with Gasteiger partial charge in [0.1, 0.15) is 35.0 Å². The Bertz CT molecular complexity index is 1930. The van der Waals surface area contributed by atoms with Gasteiger partial charge in [-0.05, 0) is 103 Å². The van der Waals surface area contributed by atoms with E-state index in [-0.39, 0.29) is 48.0 Å². The number of hydrogen-bond donors (Lipinski definition) is 0. The molecule has 306 valence electrons. The van der Waals surface area contributed by atoms with E-state index in [0.29, 0.717) is 31.6 Å². The van der Waals surface area contributed by atoms with E-state index in [1.807, 2.05) is 0 Å². The summed E-state index contributed by atoms with van der Waals surface area (Å²) in [4.78, 5) is 56.0. The minimum Gasteiger partial charge on any atom is -0.490 e. The minimum absolute atomic E-state index is 0.0117. The van der Waals surface area contributed by atoms with Gasteiger partial charge in [-0.15, -0.1) is 6.58 Å². The molecule has 0 spiro atoms. The monoisotopic (exact) mass is 773 g/mol. The average molecular weight is 773 g/mol. The second-order valence-electron chi connectivity index (χ2n) is 20.0. The number of ether oxygens (including phenoxy) is 1. The lowest BCUT2D eigenvalue weighted by Crippen LogP contribution is -2.38. The van der Waals surface area contributed by atoms with Gasteiger partial charge in [0.15, 0.2) is 0 Å². The zero-order valence-corrected chi connectivity index (χ0v) is 35.6. The maximum Gasteiger partial charge on any atom is 0.140 e. The van der Waals surface area contributed by atoms with Crippen LogP contribution in [0, 0.1) is 46.3 Å². The van der Waals surface area contributed by atoms with Crippen LogP contribution in [0.3, 0.4) is 0 Å². The number of fused-ring (bicyclic) bond motifs is 1. The highest BCUT2D eigenvalue weighted by atomic mass is 16.5. The topological polar surface area (TPSA) is 77.5 Å². The van der Waals surface area contributed by atoms with Crippen LogP contribution in [0.4, 0.5) is 0 Å². The number of hydrogen-bond acceptors (Lipinski definition) is 5. The van der Waals surface area contributed by atoms with Gasteiger partial charge >= 0.3 is 0 Å². The number of Topliss-reactive ketones (excluding diaryl/α,β-unsaturated/α-hetero) is 4. The van der Waals surface area contributed by atoms with Crippen LogP contribution >= 0.6 is 0 Å². The smallest absolute Gasteiger partial charge is 0.140 e. The van der Waals surface area contributed by atoms with Crippen LogP contribution in [-0.2, 0) is 25.6 Å². The van der Waals surface area contributed by atoms with E-state index in [0.717, 1.165) is 53.7 Å². The molecule has 6 atom stereocenters. The Kier molecular flexibility index (Phi) is 12.6. The van der Waals surface area contributed by atoms with E-state index in [4.69, 9.17) is 4.74 Å². The summed E-state index contributed by atoms with van der Waals surface area (Å²) in [5, 5.41) is 2.17. The van der Waals surface area contributed by atoms with Crippen LogP contribution in [0.1, 0.15) is 155 Å². The van der Waals surface area contributed by atoms with Crippen molar-refractivity contribution in [3.05, 3.63) is 71.8 Å². The van der Waals surface area contributed by atoms with Crippen molar-refractivity contribution in [2.45, 2.75) is 156 Å². The van der Waals surface area contributed by atoms with E-state index in [9.17, 15) is 19.2 Å². The lowest BCUT2D eigenvalue weighted by atomic mass is 9.69. The molecule has 5 aliphatic rings. The molecule has 0 amide bonds. The molecule has 7 rings (SSSR count). The van der Waals surface area contributed by atoms with Crippen molar-refractivity contribution in [2.75, 3.05) is 0 Å². The molecule has 6 unspecified atom stereocenters. The number of benzene rings is 2. The zero-order valence-electron chi connectivity index (χ0n) is 35.6. The molecule has 57 heavy (non-hydrogen) atoms. The fraction of sp³-hybridized carbons (Fsp3) is 0.615. The van der Waals surface area contributed by atoms with Gasteiger partial charge in [0.2, 0.25) is 0 Å². The van der Waals surface area contributed by atoms with Crippen LogP contribution in [0.25, 0.3) is 16.3 Å². The number of ketones is 4. The van der Waals surface area contributed by atoms with Gasteiger partial charge in [-0.3, -0.25) is 19.2 Å². The molecule has 5 heteroatoms. The van der Waals surface area contributed by atoms with E-state index in [2.05, 4.69) is 76.8 Å². The molecule has 5 nitrogen and oxygen atoms in total. The Balaban J connectivity index is 1.18. The Labute approximate surface area is 342 Å². The summed E-state index contributed by atoms with van der Waals surface area (Å²) >= 11 is 0. The lowest BCUT2D eigenvalue weighted by Gasteiger charge is -2.33. The fourth-order valence-electron chi connectivity index (χ4n) is 11.2. The lowest BCUT2D eigenvalue weighted by molar-refractivity contribution is -0.139. The molecule has 2 aromatic rings. The summed E-state index contributed by atoms with van der Waals surface area (Å²) < 4.78 is 7.04. The number of rotatable bonds is 17. The third-order valence-electron chi connectivity index (χ3n) is 15.0. The standard InChI is InChI=1S/C52H68O5/c1-7-34-19-21-44-40(23-34)26-39(38-20-18-37(24-38)22-35-14-10-9-11-15-35)27-49(44)57-43-29-45(48(55)32-52(33(3)53)31-41(52)8-2)46(30-43)50(56)47(51(4,5)6)28-42(54)25-36-16-12-13-17-36/h8,19-21,23-24,26-27,35-36,41,43,45-47H,2,7,9-18,22,25,28-32H2,1,3-6H3. The maximum absolute atomic E-state index is 14.9. The highest BCUT2D eigenvalue weighted by Gasteiger charge is 2.59. The molecule has 4 fully saturated rings. The summed E-state index contributed by atoms with van der Waals surface area (Å²) in [6.07, 6.45) is 23.0. The van der Waals surface area contributed by atoms with E-state index in [1.54, 1.807) is 13.0 Å². The van der Waals surface area contributed by atoms with Crippen LogP contribution in [0.5, 0.6) is 5.75 Å². The van der Waals surface area contributed by atoms with Gasteiger partial charge in [0.25, 0.3) is 0 Å². The van der Waals surface area contributed by atoms with Gasteiger partial charge < -0.3 is 4.74 Å². The second-order valence-corrected chi connectivity index (χ2v) is 20.0. The molecule has 0 N–H and O–H groups in total. The van der Waals surface area contributed by atoms with Crippen LogP contribution in [-0.4, -0.2) is 29.2 Å². The number of carbonyl (C=O) groups excluding carboxylic acids is 4. The highest BCUT2D eigenvalue weighted by Crippen LogP contribution is 2.58. The van der Waals surface area contributed by atoms with Crippen molar-refractivity contribution < 1.29 is 23.9 Å². The van der Waals surface area contributed by atoms with Gasteiger partial charge in [-0.2, -0.15) is 0 Å². The van der Waals surface area contributed by atoms with Crippen molar-refractivity contribution in [3.63, 3.8) is 0 Å². The molecule has 0 radical (unpaired) electrons. The van der Waals surface area contributed by atoms with Crippen molar-refractivity contribution >= 4 is 39.5 Å². The predicted molar refractivity (Wildman–Crippen MR) is 231 cm³/mol. The van der Waals surface area contributed by atoms with Crippen molar-refractivity contribution in [1.82, 2.24) is 0 Å². The average Bonchev–Trinajstić information content (AvgIpc) is 3.60. The predicted octanol–water partition coefficient (Wildman–Crippen LogP) is 12.4. The third kappa shape index (κ3) is 9.34. The quantitative estimate of drug-likeness (QED) is 0.150. The van der Waals surface area contributed by atoms with Crippen molar-refractivity contribution in [3.8, 4) is 5.75 Å². The van der Waals surface area contributed by atoms with Crippen LogP contribution in [0.2, 0.25) is 0 Å². The molecular formula is C52H68O5. The molecule has 0 aliphatic heterocycles. The SMILES string of the molecule is C=CC1CC1(CC(=O)C1CC(Oc2cc(C3=CCC(CC4CCCCC4)=C3)cc3cc(CC)ccc23)CC1C(=O)C(CC(=O)CC1CCCC1)C(C)(C)C)C(C)=O. The number of carbonyl (C=O) groups is 4. The van der Waals surface area contributed by atoms with E-state index in [1.165, 1.54) is 68.1 Å². The Morgan fingerprint density at radius 1 is 0.930 bits per heavy atom. The van der Waals surface area contributed by atoms with Crippen molar-refractivity contribution in [2.24, 2.45) is 46.3 Å². The first-order chi connectivity index (χ1) is 27.3.